The van der Waals surface area contributed by atoms with E-state index in [9.17, 15) is 9.36 Å². The van der Waals surface area contributed by atoms with Gasteiger partial charge in [-0.2, -0.15) is 0 Å². The first-order valence-corrected chi connectivity index (χ1v) is 9.22. The molecule has 4 nitrogen and oxygen atoms in total. The topological polar surface area (TPSA) is 52.6 Å². The van der Waals surface area contributed by atoms with Crippen molar-refractivity contribution < 1.29 is 18.4 Å². The lowest BCUT2D eigenvalue weighted by molar-refractivity contribution is 0.104. The summed E-state index contributed by atoms with van der Waals surface area (Å²) in [5.41, 5.74) is 2.61. The summed E-state index contributed by atoms with van der Waals surface area (Å²) in [6.45, 7) is 0. The molecule has 23 heavy (non-hydrogen) atoms. The standard InChI is InChI=1S/C17H14BrO4P/c1-21-23(20,22-2)17-15(11-6-4-3-5-7-11)14-10-12(18)8-9-13(14)16(17)19/h3-10H,1-2H3. The Balaban J connectivity index is 2.37. The molecule has 0 amide bonds. The third-order valence-electron chi connectivity index (χ3n) is 3.76. The highest BCUT2D eigenvalue weighted by atomic mass is 79.9. The van der Waals surface area contributed by atoms with Gasteiger partial charge in [-0.3, -0.25) is 9.36 Å². The van der Waals surface area contributed by atoms with Gasteiger partial charge < -0.3 is 9.05 Å². The van der Waals surface area contributed by atoms with Crippen LogP contribution in [0.3, 0.4) is 0 Å². The van der Waals surface area contributed by atoms with Crippen LogP contribution >= 0.6 is 23.5 Å². The van der Waals surface area contributed by atoms with Crippen LogP contribution in [0.2, 0.25) is 0 Å². The van der Waals surface area contributed by atoms with Crippen LogP contribution in [0.4, 0.5) is 0 Å². The van der Waals surface area contributed by atoms with Crippen LogP contribution in [0.5, 0.6) is 0 Å². The first kappa shape index (κ1) is 16.3. The molecule has 0 aliphatic heterocycles. The number of carbonyl (C=O) groups is 1. The van der Waals surface area contributed by atoms with E-state index in [-0.39, 0.29) is 11.1 Å². The molecular weight excluding hydrogens is 379 g/mol. The monoisotopic (exact) mass is 392 g/mol. The van der Waals surface area contributed by atoms with Gasteiger partial charge in [0, 0.05) is 29.8 Å². The molecule has 0 radical (unpaired) electrons. The van der Waals surface area contributed by atoms with Crippen molar-refractivity contribution in [1.82, 2.24) is 0 Å². The van der Waals surface area contributed by atoms with Gasteiger partial charge in [-0.15, -0.1) is 0 Å². The number of halogens is 1. The summed E-state index contributed by atoms with van der Waals surface area (Å²) in [6.07, 6.45) is 0. The quantitative estimate of drug-likeness (QED) is 0.695. The summed E-state index contributed by atoms with van der Waals surface area (Å²) in [4.78, 5) is 12.9. The third kappa shape index (κ3) is 2.64. The van der Waals surface area contributed by atoms with Gasteiger partial charge in [-0.05, 0) is 29.3 Å². The molecule has 0 spiro atoms. The molecule has 3 rings (SSSR count). The molecule has 0 fully saturated rings. The molecule has 0 atom stereocenters. The van der Waals surface area contributed by atoms with Gasteiger partial charge in [0.2, 0.25) is 5.78 Å². The summed E-state index contributed by atoms with van der Waals surface area (Å²) in [5, 5.41) is 0.0850. The van der Waals surface area contributed by atoms with Gasteiger partial charge in [0.05, 0.1) is 0 Å². The minimum Gasteiger partial charge on any atom is -0.308 e. The lowest BCUT2D eigenvalue weighted by atomic mass is 9.99. The zero-order valence-corrected chi connectivity index (χ0v) is 15.1. The van der Waals surface area contributed by atoms with Gasteiger partial charge in [0.25, 0.3) is 0 Å². The van der Waals surface area contributed by atoms with E-state index in [1.165, 1.54) is 14.2 Å². The van der Waals surface area contributed by atoms with E-state index >= 15 is 0 Å². The normalized spacial score (nSPS) is 14.3. The third-order valence-corrected chi connectivity index (χ3v) is 6.19. The number of Topliss-reactive ketones (excluding diaryl/α,β-unsaturated/α-hetero) is 1. The van der Waals surface area contributed by atoms with Crippen LogP contribution in [-0.4, -0.2) is 20.0 Å². The van der Waals surface area contributed by atoms with Gasteiger partial charge in [0.15, 0.2) is 0 Å². The molecule has 0 saturated carbocycles. The molecule has 1 aliphatic rings. The van der Waals surface area contributed by atoms with Gasteiger partial charge in [0.1, 0.15) is 5.31 Å². The predicted molar refractivity (Wildman–Crippen MR) is 92.6 cm³/mol. The minimum absolute atomic E-state index is 0.0850. The number of benzene rings is 2. The SMILES string of the molecule is COP(=O)(OC)C1=C(c2ccccc2)c2cc(Br)ccc2C1=O. The highest BCUT2D eigenvalue weighted by molar-refractivity contribution is 9.10. The molecule has 0 N–H and O–H groups in total. The van der Waals surface area contributed by atoms with Gasteiger partial charge >= 0.3 is 7.60 Å². The van der Waals surface area contributed by atoms with E-state index in [0.717, 1.165) is 15.6 Å². The van der Waals surface area contributed by atoms with Gasteiger partial charge in [-0.25, -0.2) is 0 Å². The summed E-state index contributed by atoms with van der Waals surface area (Å²) in [5.74, 6) is -0.321. The second-order valence-electron chi connectivity index (χ2n) is 4.97. The molecular formula is C17H14BrO4P. The van der Waals surface area contributed by atoms with Crippen molar-refractivity contribution in [2.24, 2.45) is 0 Å². The Morgan fingerprint density at radius 1 is 0.957 bits per heavy atom. The van der Waals surface area contributed by atoms with Crippen LogP contribution in [-0.2, 0) is 13.6 Å². The molecule has 0 heterocycles. The Morgan fingerprint density at radius 3 is 2.22 bits per heavy atom. The lowest BCUT2D eigenvalue weighted by Gasteiger charge is -2.16. The van der Waals surface area contributed by atoms with Crippen molar-refractivity contribution >= 4 is 34.9 Å². The number of rotatable bonds is 4. The van der Waals surface area contributed by atoms with Crippen LogP contribution < -0.4 is 0 Å². The van der Waals surface area contributed by atoms with E-state index in [4.69, 9.17) is 9.05 Å². The molecule has 0 bridgehead atoms. The Bertz CT molecular complexity index is 850. The fourth-order valence-corrected chi connectivity index (χ4v) is 4.47. The Hall–Kier alpha value is -1.52. The predicted octanol–water partition coefficient (Wildman–Crippen LogP) is 4.89. The van der Waals surface area contributed by atoms with Crippen molar-refractivity contribution in [1.29, 1.82) is 0 Å². The highest BCUT2D eigenvalue weighted by Crippen LogP contribution is 2.61. The largest absolute Gasteiger partial charge is 0.365 e. The van der Waals surface area contributed by atoms with Crippen LogP contribution in [0.25, 0.3) is 5.57 Å². The maximum absolute atomic E-state index is 13.0. The summed E-state index contributed by atoms with van der Waals surface area (Å²) in [7, 11) is -1.12. The molecule has 118 valence electrons. The molecule has 6 heteroatoms. The number of hydrogen-bond acceptors (Lipinski definition) is 4. The van der Waals surface area contributed by atoms with E-state index < -0.39 is 7.60 Å². The molecule has 0 aromatic heterocycles. The van der Waals surface area contributed by atoms with E-state index in [1.807, 2.05) is 36.4 Å². The first-order chi connectivity index (χ1) is 11.0. The van der Waals surface area contributed by atoms with Crippen molar-refractivity contribution in [3.8, 4) is 0 Å². The number of hydrogen-bond donors (Lipinski definition) is 0. The van der Waals surface area contributed by atoms with Crippen molar-refractivity contribution in [2.45, 2.75) is 0 Å². The highest BCUT2D eigenvalue weighted by Gasteiger charge is 2.43. The zero-order valence-electron chi connectivity index (χ0n) is 12.6. The van der Waals surface area contributed by atoms with E-state index in [2.05, 4.69) is 15.9 Å². The van der Waals surface area contributed by atoms with E-state index in [1.54, 1.807) is 12.1 Å². The number of carbonyl (C=O) groups excluding carboxylic acids is 1. The maximum Gasteiger partial charge on any atom is 0.365 e. The average molecular weight is 393 g/mol. The second-order valence-corrected chi connectivity index (χ2v) is 8.06. The molecule has 2 aromatic rings. The maximum atomic E-state index is 13.0. The molecule has 0 unspecified atom stereocenters. The summed E-state index contributed by atoms with van der Waals surface area (Å²) < 4.78 is 24.0. The zero-order chi connectivity index (χ0) is 16.6. The average Bonchev–Trinajstić information content (AvgIpc) is 2.87. The molecule has 2 aromatic carbocycles. The van der Waals surface area contributed by atoms with Crippen molar-refractivity contribution in [2.75, 3.05) is 14.2 Å². The fourth-order valence-electron chi connectivity index (χ4n) is 2.71. The summed E-state index contributed by atoms with van der Waals surface area (Å²) >= 11 is 3.42. The molecule has 1 aliphatic carbocycles. The second kappa shape index (κ2) is 6.17. The Labute approximate surface area is 142 Å². The van der Waals surface area contributed by atoms with Crippen LogP contribution in [0.15, 0.2) is 58.3 Å². The first-order valence-electron chi connectivity index (χ1n) is 6.88. The Morgan fingerprint density at radius 2 is 1.61 bits per heavy atom. The number of ketones is 1. The van der Waals surface area contributed by atoms with E-state index in [0.29, 0.717) is 11.1 Å². The van der Waals surface area contributed by atoms with Crippen LogP contribution in [0, 0.1) is 0 Å². The minimum atomic E-state index is -3.69. The van der Waals surface area contributed by atoms with Gasteiger partial charge in [-0.1, -0.05) is 46.3 Å². The number of fused-ring (bicyclic) bond motifs is 1. The summed E-state index contributed by atoms with van der Waals surface area (Å²) in [6, 6.07) is 14.7. The molecule has 0 saturated heterocycles. The Kier molecular flexibility index (Phi) is 4.39. The fraction of sp³-hybridized carbons (Fsp3) is 0.118. The van der Waals surface area contributed by atoms with Crippen LogP contribution in [0.1, 0.15) is 21.5 Å². The lowest BCUT2D eigenvalue weighted by Crippen LogP contribution is -2.03. The van der Waals surface area contributed by atoms with Crippen molar-refractivity contribution in [3.63, 3.8) is 0 Å². The van der Waals surface area contributed by atoms with Crippen molar-refractivity contribution in [3.05, 3.63) is 75.0 Å². The smallest absolute Gasteiger partial charge is 0.308 e. The number of allylic oxidation sites excluding steroid dienone is 1.